The third-order valence-corrected chi connectivity index (χ3v) is 4.69. The van der Waals surface area contributed by atoms with Crippen LogP contribution < -0.4 is 9.47 Å². The first kappa shape index (κ1) is 16.7. The number of rotatable bonds is 2. The number of morpholine rings is 1. The second kappa shape index (κ2) is 6.88. The van der Waals surface area contributed by atoms with Crippen molar-refractivity contribution in [2.45, 2.75) is 12.2 Å². The van der Waals surface area contributed by atoms with Gasteiger partial charge in [0.2, 0.25) is 6.79 Å². The highest BCUT2D eigenvalue weighted by molar-refractivity contribution is 5.74. The Bertz CT molecular complexity index is 794. The maximum Gasteiger partial charge on any atom is 0.319 e. The molecule has 2 aromatic rings. The first-order valence-corrected chi connectivity index (χ1v) is 8.68. The lowest BCUT2D eigenvalue weighted by atomic mass is 10.0. The van der Waals surface area contributed by atoms with Gasteiger partial charge in [0.05, 0.1) is 13.1 Å². The van der Waals surface area contributed by atoms with Crippen LogP contribution in [0.25, 0.3) is 0 Å². The fourth-order valence-electron chi connectivity index (χ4n) is 3.35. The number of fused-ring (bicyclic) bond motifs is 1. The molecule has 0 spiro atoms. The molecule has 0 aliphatic carbocycles. The molecule has 1 fully saturated rings. The Morgan fingerprint density at radius 1 is 0.962 bits per heavy atom. The third-order valence-electron chi connectivity index (χ3n) is 4.69. The Kier molecular flexibility index (Phi) is 4.42. The molecule has 0 N–H and O–H groups in total. The molecule has 2 heterocycles. The zero-order valence-corrected chi connectivity index (χ0v) is 14.9. The first-order valence-electron chi connectivity index (χ1n) is 8.68. The molecular weight excluding hydrogens is 332 g/mol. The van der Waals surface area contributed by atoms with E-state index in [0.717, 1.165) is 22.6 Å². The normalized spacial score (nSPS) is 21.5. The maximum absolute atomic E-state index is 12.6. The monoisotopic (exact) mass is 354 g/mol. The molecular formula is C20H22N2O4. The predicted octanol–water partition coefficient (Wildman–Crippen LogP) is 3.21. The van der Waals surface area contributed by atoms with E-state index >= 15 is 0 Å². The summed E-state index contributed by atoms with van der Waals surface area (Å²) in [5.74, 6) is 1.46. The van der Waals surface area contributed by atoms with Crippen LogP contribution >= 0.6 is 0 Å². The summed E-state index contributed by atoms with van der Waals surface area (Å²) in [7, 11) is 3.54. The number of hydrogen-bond donors (Lipinski definition) is 0. The summed E-state index contributed by atoms with van der Waals surface area (Å²) in [6.45, 7) is 1.27. The van der Waals surface area contributed by atoms with Crippen LogP contribution in [0.15, 0.2) is 48.5 Å². The zero-order valence-electron chi connectivity index (χ0n) is 14.9. The molecule has 6 nitrogen and oxygen atoms in total. The number of carbonyl (C=O) groups excluding carboxylic acids is 1. The topological polar surface area (TPSA) is 51.2 Å². The standard InChI is InChI=1S/C20H22N2O4/c1-21(2)20(23)22-11-18(14-6-4-3-5-7-14)26-19(12-22)15-8-9-16-17(10-15)25-13-24-16/h3-10,18-19H,11-13H2,1-2H3/t18-,19+/m0/s1. The van der Waals surface area contributed by atoms with Crippen molar-refractivity contribution in [1.82, 2.24) is 9.80 Å². The molecule has 2 aliphatic rings. The number of ether oxygens (including phenoxy) is 3. The van der Waals surface area contributed by atoms with Gasteiger partial charge in [-0.05, 0) is 23.3 Å². The molecule has 26 heavy (non-hydrogen) atoms. The zero-order chi connectivity index (χ0) is 18.1. The summed E-state index contributed by atoms with van der Waals surface area (Å²) >= 11 is 0. The quantitative estimate of drug-likeness (QED) is 0.831. The van der Waals surface area contributed by atoms with Gasteiger partial charge in [-0.25, -0.2) is 4.79 Å². The SMILES string of the molecule is CN(C)C(=O)N1C[C@@H](c2ccccc2)O[C@@H](c2ccc3c(c2)OCO3)C1. The van der Waals surface area contributed by atoms with Gasteiger partial charge in [-0.15, -0.1) is 0 Å². The lowest BCUT2D eigenvalue weighted by Crippen LogP contribution is -2.47. The van der Waals surface area contributed by atoms with E-state index in [1.54, 1.807) is 19.0 Å². The van der Waals surface area contributed by atoms with Crippen molar-refractivity contribution in [1.29, 1.82) is 0 Å². The summed E-state index contributed by atoms with van der Waals surface area (Å²) in [5, 5.41) is 0. The molecule has 0 aromatic heterocycles. The van der Waals surface area contributed by atoms with Crippen molar-refractivity contribution in [3.05, 3.63) is 59.7 Å². The molecule has 0 radical (unpaired) electrons. The maximum atomic E-state index is 12.6. The van der Waals surface area contributed by atoms with E-state index in [0.29, 0.717) is 13.1 Å². The van der Waals surface area contributed by atoms with Crippen molar-refractivity contribution in [3.63, 3.8) is 0 Å². The average molecular weight is 354 g/mol. The molecule has 1 saturated heterocycles. The molecule has 2 amide bonds. The van der Waals surface area contributed by atoms with Gasteiger partial charge in [0.15, 0.2) is 11.5 Å². The highest BCUT2D eigenvalue weighted by atomic mass is 16.7. The number of amides is 2. The summed E-state index contributed by atoms with van der Waals surface area (Å²) in [6.07, 6.45) is -0.406. The first-order chi connectivity index (χ1) is 12.6. The number of carbonyl (C=O) groups is 1. The van der Waals surface area contributed by atoms with E-state index in [-0.39, 0.29) is 25.0 Å². The second-order valence-electron chi connectivity index (χ2n) is 6.72. The predicted molar refractivity (Wildman–Crippen MR) is 96.2 cm³/mol. The molecule has 2 atom stereocenters. The van der Waals surface area contributed by atoms with Gasteiger partial charge in [0, 0.05) is 14.1 Å². The van der Waals surface area contributed by atoms with Gasteiger partial charge >= 0.3 is 6.03 Å². The molecule has 0 bridgehead atoms. The molecule has 2 aromatic carbocycles. The molecule has 2 aliphatic heterocycles. The number of hydrogen-bond acceptors (Lipinski definition) is 4. The van der Waals surface area contributed by atoms with Crippen molar-refractivity contribution < 1.29 is 19.0 Å². The Morgan fingerprint density at radius 2 is 1.65 bits per heavy atom. The Balaban J connectivity index is 1.63. The fraction of sp³-hybridized carbons (Fsp3) is 0.350. The lowest BCUT2D eigenvalue weighted by molar-refractivity contribution is -0.0789. The van der Waals surface area contributed by atoms with Crippen LogP contribution in [0.1, 0.15) is 23.3 Å². The van der Waals surface area contributed by atoms with Crippen LogP contribution in [-0.4, -0.2) is 49.8 Å². The van der Waals surface area contributed by atoms with E-state index in [1.165, 1.54) is 0 Å². The van der Waals surface area contributed by atoms with Crippen LogP contribution in [-0.2, 0) is 4.74 Å². The second-order valence-corrected chi connectivity index (χ2v) is 6.72. The lowest BCUT2D eigenvalue weighted by Gasteiger charge is -2.39. The minimum absolute atomic E-state index is 0.0139. The van der Waals surface area contributed by atoms with E-state index in [9.17, 15) is 4.79 Å². The van der Waals surface area contributed by atoms with E-state index in [4.69, 9.17) is 14.2 Å². The van der Waals surface area contributed by atoms with Gasteiger partial charge in [-0.1, -0.05) is 36.4 Å². The van der Waals surface area contributed by atoms with Crippen molar-refractivity contribution in [3.8, 4) is 11.5 Å². The van der Waals surface area contributed by atoms with Crippen LogP contribution in [0, 0.1) is 0 Å². The Morgan fingerprint density at radius 3 is 2.38 bits per heavy atom. The molecule has 4 rings (SSSR count). The fourth-order valence-corrected chi connectivity index (χ4v) is 3.35. The third kappa shape index (κ3) is 3.20. The van der Waals surface area contributed by atoms with Crippen molar-refractivity contribution in [2.75, 3.05) is 34.0 Å². The number of benzene rings is 2. The van der Waals surface area contributed by atoms with Gasteiger partial charge in [0.1, 0.15) is 12.2 Å². The average Bonchev–Trinajstić information content (AvgIpc) is 3.15. The number of urea groups is 1. The van der Waals surface area contributed by atoms with Gasteiger partial charge in [-0.2, -0.15) is 0 Å². The van der Waals surface area contributed by atoms with E-state index in [1.807, 2.05) is 53.4 Å². The summed E-state index contributed by atoms with van der Waals surface area (Å²) in [4.78, 5) is 16.0. The van der Waals surface area contributed by atoms with Crippen LogP contribution in [0.4, 0.5) is 4.79 Å². The summed E-state index contributed by atoms with van der Waals surface area (Å²) in [5.41, 5.74) is 2.04. The van der Waals surface area contributed by atoms with Crippen LogP contribution in [0.3, 0.4) is 0 Å². The molecule has 6 heteroatoms. The highest BCUT2D eigenvalue weighted by Crippen LogP contribution is 2.38. The Hall–Kier alpha value is -2.73. The minimum Gasteiger partial charge on any atom is -0.454 e. The van der Waals surface area contributed by atoms with Gasteiger partial charge < -0.3 is 24.0 Å². The Labute approximate surface area is 152 Å². The smallest absolute Gasteiger partial charge is 0.319 e. The number of nitrogens with zero attached hydrogens (tertiary/aromatic N) is 2. The van der Waals surface area contributed by atoms with E-state index < -0.39 is 0 Å². The van der Waals surface area contributed by atoms with Gasteiger partial charge in [0.25, 0.3) is 0 Å². The van der Waals surface area contributed by atoms with Crippen LogP contribution in [0.5, 0.6) is 11.5 Å². The molecule has 0 unspecified atom stereocenters. The van der Waals surface area contributed by atoms with Crippen molar-refractivity contribution >= 4 is 6.03 Å². The van der Waals surface area contributed by atoms with E-state index in [2.05, 4.69) is 0 Å². The molecule has 136 valence electrons. The largest absolute Gasteiger partial charge is 0.454 e. The van der Waals surface area contributed by atoms with Gasteiger partial charge in [-0.3, -0.25) is 0 Å². The summed E-state index contributed by atoms with van der Waals surface area (Å²) < 4.78 is 17.2. The van der Waals surface area contributed by atoms with Crippen LogP contribution in [0.2, 0.25) is 0 Å². The van der Waals surface area contributed by atoms with Crippen molar-refractivity contribution in [2.24, 2.45) is 0 Å². The highest BCUT2D eigenvalue weighted by Gasteiger charge is 2.33. The summed E-state index contributed by atoms with van der Waals surface area (Å²) in [6, 6.07) is 15.8. The minimum atomic E-state index is -0.229. The molecule has 0 saturated carbocycles.